The molecule has 1 heterocycles. The van der Waals surface area contributed by atoms with Crippen molar-refractivity contribution in [2.24, 2.45) is 0 Å². The lowest BCUT2D eigenvalue weighted by atomic mass is 10.0. The highest BCUT2D eigenvalue weighted by Crippen LogP contribution is 2.37. The molecule has 1 atom stereocenters. The number of nitrogens with one attached hydrogen (secondary N) is 1. The van der Waals surface area contributed by atoms with Gasteiger partial charge in [0, 0.05) is 18.7 Å². The average Bonchev–Trinajstić information content (AvgIpc) is 2.64. The Labute approximate surface area is 129 Å². The Kier molecular flexibility index (Phi) is 4.64. The predicted octanol–water partition coefficient (Wildman–Crippen LogP) is 5.20. The first-order valence-corrected chi connectivity index (χ1v) is 8.12. The van der Waals surface area contributed by atoms with E-state index < -0.39 is 0 Å². The van der Waals surface area contributed by atoms with Crippen LogP contribution in [0.5, 0.6) is 0 Å². The summed E-state index contributed by atoms with van der Waals surface area (Å²) < 4.78 is 2.30. The Morgan fingerprint density at radius 1 is 1.17 bits per heavy atom. The Bertz CT molecular complexity index is 563. The van der Waals surface area contributed by atoms with Crippen LogP contribution in [0.15, 0.2) is 33.2 Å². The molecule has 2 rings (SSSR count). The molecule has 0 spiro atoms. The van der Waals surface area contributed by atoms with E-state index in [0.29, 0.717) is 0 Å². The van der Waals surface area contributed by atoms with Crippen molar-refractivity contribution in [2.45, 2.75) is 19.9 Å². The molecular weight excluding hydrogens is 374 g/mol. The van der Waals surface area contributed by atoms with Gasteiger partial charge in [-0.15, -0.1) is 11.3 Å². The third kappa shape index (κ3) is 2.87. The summed E-state index contributed by atoms with van der Waals surface area (Å²) in [7, 11) is 2.01. The van der Waals surface area contributed by atoms with Gasteiger partial charge in [-0.3, -0.25) is 0 Å². The molecule has 0 saturated carbocycles. The van der Waals surface area contributed by atoms with E-state index in [1.807, 2.05) is 18.4 Å². The molecule has 0 aliphatic carbocycles. The third-order valence-corrected chi connectivity index (χ3v) is 5.47. The molecule has 0 radical (unpaired) electrons. The second-order valence-electron chi connectivity index (χ2n) is 4.29. The van der Waals surface area contributed by atoms with Gasteiger partial charge in [0.15, 0.2) is 0 Å². The topological polar surface area (TPSA) is 12.0 Å². The van der Waals surface area contributed by atoms with Gasteiger partial charge in [0.25, 0.3) is 0 Å². The summed E-state index contributed by atoms with van der Waals surface area (Å²) >= 11 is 9.04. The maximum absolute atomic E-state index is 3.66. The fraction of sp³-hybridized carbons (Fsp3) is 0.286. The van der Waals surface area contributed by atoms with Crippen molar-refractivity contribution in [3.8, 4) is 0 Å². The van der Waals surface area contributed by atoms with Crippen LogP contribution in [0.4, 0.5) is 0 Å². The molecule has 1 aromatic carbocycles. The SMILES string of the molecule is CNC(c1cc(Br)ccc1C)c1sc(C)cc1Br. The summed E-state index contributed by atoms with van der Waals surface area (Å²) in [6.07, 6.45) is 0. The minimum atomic E-state index is 0.232. The fourth-order valence-electron chi connectivity index (χ4n) is 2.05. The van der Waals surface area contributed by atoms with Gasteiger partial charge in [-0.05, 0) is 66.2 Å². The van der Waals surface area contributed by atoms with Gasteiger partial charge in [0.05, 0.1) is 6.04 Å². The summed E-state index contributed by atoms with van der Waals surface area (Å²) in [5.74, 6) is 0. The number of thiophene rings is 1. The summed E-state index contributed by atoms with van der Waals surface area (Å²) in [4.78, 5) is 2.65. The molecule has 0 bridgehead atoms. The van der Waals surface area contributed by atoms with Crippen molar-refractivity contribution in [3.05, 3.63) is 54.1 Å². The van der Waals surface area contributed by atoms with E-state index in [9.17, 15) is 0 Å². The summed E-state index contributed by atoms with van der Waals surface area (Å²) in [6, 6.07) is 8.84. The zero-order chi connectivity index (χ0) is 13.3. The summed E-state index contributed by atoms with van der Waals surface area (Å²) in [5.41, 5.74) is 2.62. The highest BCUT2D eigenvalue weighted by molar-refractivity contribution is 9.10. The maximum atomic E-state index is 3.66. The highest BCUT2D eigenvalue weighted by Gasteiger charge is 2.19. The molecule has 0 saturated heterocycles. The van der Waals surface area contributed by atoms with Crippen molar-refractivity contribution in [1.82, 2.24) is 5.32 Å². The molecule has 0 aliphatic heterocycles. The molecule has 18 heavy (non-hydrogen) atoms. The van der Waals surface area contributed by atoms with Gasteiger partial charge in [-0.25, -0.2) is 0 Å². The molecule has 0 amide bonds. The van der Waals surface area contributed by atoms with E-state index in [-0.39, 0.29) is 6.04 Å². The van der Waals surface area contributed by atoms with Crippen molar-refractivity contribution in [1.29, 1.82) is 0 Å². The molecule has 0 aliphatic rings. The molecule has 2 aromatic rings. The molecule has 1 nitrogen and oxygen atoms in total. The maximum Gasteiger partial charge on any atom is 0.0683 e. The van der Waals surface area contributed by atoms with Crippen LogP contribution in [0.2, 0.25) is 0 Å². The number of halogens is 2. The third-order valence-electron chi connectivity index (χ3n) is 2.94. The number of aryl methyl sites for hydroxylation is 2. The van der Waals surface area contributed by atoms with Gasteiger partial charge in [-0.2, -0.15) is 0 Å². The predicted molar refractivity (Wildman–Crippen MR) is 86.5 cm³/mol. The fourth-order valence-corrected chi connectivity index (χ4v) is 4.44. The lowest BCUT2D eigenvalue weighted by Crippen LogP contribution is -2.18. The Morgan fingerprint density at radius 3 is 2.44 bits per heavy atom. The Hall–Kier alpha value is -0.160. The molecular formula is C14H15Br2NS. The number of rotatable bonds is 3. The standard InChI is InChI=1S/C14H15Br2NS/c1-8-4-5-10(15)7-11(8)13(17-3)14-12(16)6-9(2)18-14/h4-7,13,17H,1-3H3. The quantitative estimate of drug-likeness (QED) is 0.761. The lowest BCUT2D eigenvalue weighted by Gasteiger charge is -2.18. The monoisotopic (exact) mass is 387 g/mol. The first kappa shape index (κ1) is 14.3. The van der Waals surface area contributed by atoms with E-state index in [1.54, 1.807) is 0 Å². The zero-order valence-corrected chi connectivity index (χ0v) is 14.5. The van der Waals surface area contributed by atoms with Gasteiger partial charge in [0.1, 0.15) is 0 Å². The van der Waals surface area contributed by atoms with Crippen molar-refractivity contribution >= 4 is 43.2 Å². The molecule has 1 unspecified atom stereocenters. The Balaban J connectivity index is 2.51. The lowest BCUT2D eigenvalue weighted by molar-refractivity contribution is 0.696. The van der Waals surface area contributed by atoms with Gasteiger partial charge in [0.2, 0.25) is 0 Å². The molecule has 0 fully saturated rings. The molecule has 4 heteroatoms. The molecule has 96 valence electrons. The largest absolute Gasteiger partial charge is 0.309 e. The van der Waals surface area contributed by atoms with Crippen LogP contribution < -0.4 is 5.32 Å². The van der Waals surface area contributed by atoms with Crippen LogP contribution in [0, 0.1) is 13.8 Å². The van der Waals surface area contributed by atoms with Crippen molar-refractivity contribution in [3.63, 3.8) is 0 Å². The summed E-state index contributed by atoms with van der Waals surface area (Å²) in [6.45, 7) is 4.29. The second-order valence-corrected chi connectivity index (χ2v) is 7.35. The van der Waals surface area contributed by atoms with Crippen molar-refractivity contribution in [2.75, 3.05) is 7.05 Å². The van der Waals surface area contributed by atoms with E-state index in [1.165, 1.54) is 25.4 Å². The minimum absolute atomic E-state index is 0.232. The van der Waals surface area contributed by atoms with Crippen LogP contribution in [0.1, 0.15) is 26.9 Å². The summed E-state index contributed by atoms with van der Waals surface area (Å²) in [5, 5.41) is 3.42. The Morgan fingerprint density at radius 2 is 1.89 bits per heavy atom. The normalized spacial score (nSPS) is 12.7. The smallest absolute Gasteiger partial charge is 0.0683 e. The van der Waals surface area contributed by atoms with Crippen LogP contribution in [-0.2, 0) is 0 Å². The van der Waals surface area contributed by atoms with Gasteiger partial charge < -0.3 is 5.32 Å². The minimum Gasteiger partial charge on any atom is -0.309 e. The van der Waals surface area contributed by atoms with Crippen LogP contribution in [0.3, 0.4) is 0 Å². The van der Waals surface area contributed by atoms with Crippen LogP contribution in [-0.4, -0.2) is 7.05 Å². The van der Waals surface area contributed by atoms with Crippen LogP contribution in [0.25, 0.3) is 0 Å². The molecule has 1 N–H and O–H groups in total. The highest BCUT2D eigenvalue weighted by atomic mass is 79.9. The first-order valence-electron chi connectivity index (χ1n) is 5.72. The first-order chi connectivity index (χ1) is 8.52. The second kappa shape index (κ2) is 5.87. The number of hydrogen-bond acceptors (Lipinski definition) is 2. The average molecular weight is 389 g/mol. The number of hydrogen-bond donors (Lipinski definition) is 1. The molecule has 1 aromatic heterocycles. The van der Waals surface area contributed by atoms with E-state index in [4.69, 9.17) is 0 Å². The van der Waals surface area contributed by atoms with Crippen LogP contribution >= 0.6 is 43.2 Å². The van der Waals surface area contributed by atoms with E-state index in [0.717, 1.165) is 4.47 Å². The van der Waals surface area contributed by atoms with E-state index in [2.05, 4.69) is 75.3 Å². The zero-order valence-electron chi connectivity index (χ0n) is 10.6. The van der Waals surface area contributed by atoms with E-state index >= 15 is 0 Å². The van der Waals surface area contributed by atoms with Gasteiger partial charge in [-0.1, -0.05) is 22.0 Å². The number of benzene rings is 1. The van der Waals surface area contributed by atoms with Gasteiger partial charge >= 0.3 is 0 Å². The van der Waals surface area contributed by atoms with Crippen molar-refractivity contribution < 1.29 is 0 Å².